The van der Waals surface area contributed by atoms with E-state index in [1.807, 2.05) is 0 Å². The molecule has 0 amide bonds. The Balaban J connectivity index is 2.38. The van der Waals surface area contributed by atoms with Crippen LogP contribution in [0, 0.1) is 0 Å². The highest BCUT2D eigenvalue weighted by Gasteiger charge is 2.33. The first-order valence-electron chi connectivity index (χ1n) is 2.21. The first-order chi connectivity index (χ1) is 2.21. The Morgan fingerprint density at radius 2 is 1.40 bits per heavy atom. The monoisotopic (exact) mass is 86.1 g/mol. The SMILES string of the molecule is C[Si]1(C)CC1. The van der Waals surface area contributed by atoms with Gasteiger partial charge in [-0.1, -0.05) is 25.2 Å². The van der Waals surface area contributed by atoms with E-state index < -0.39 is 0 Å². The number of hydrogen-bond donors (Lipinski definition) is 0. The summed E-state index contributed by atoms with van der Waals surface area (Å²) in [7, 11) is -0.361. The van der Waals surface area contributed by atoms with Crippen LogP contribution in [0.2, 0.25) is 25.2 Å². The molecule has 1 aliphatic heterocycles. The van der Waals surface area contributed by atoms with E-state index >= 15 is 0 Å². The fourth-order valence-corrected chi connectivity index (χ4v) is 2.25. The Morgan fingerprint density at radius 3 is 1.40 bits per heavy atom. The molecule has 1 saturated heterocycles. The maximum atomic E-state index is 2.44. The molecular formula is C4H10Si. The maximum Gasteiger partial charge on any atom is 0.0468 e. The Morgan fingerprint density at radius 1 is 1.20 bits per heavy atom. The molecule has 1 heteroatoms. The molecule has 0 saturated carbocycles. The lowest BCUT2D eigenvalue weighted by atomic mass is 11.0. The largest absolute Gasteiger partial charge is 0.0694 e. The minimum absolute atomic E-state index is 0.361. The van der Waals surface area contributed by atoms with Gasteiger partial charge in [0.2, 0.25) is 0 Å². The van der Waals surface area contributed by atoms with Gasteiger partial charge in [-0.15, -0.1) is 0 Å². The van der Waals surface area contributed by atoms with Gasteiger partial charge in [-0.3, -0.25) is 0 Å². The fraction of sp³-hybridized carbons (Fsp3) is 1.00. The van der Waals surface area contributed by atoms with Crippen molar-refractivity contribution in [2.45, 2.75) is 25.2 Å². The number of rotatable bonds is 0. The minimum Gasteiger partial charge on any atom is -0.0694 e. The molecule has 0 aromatic rings. The summed E-state index contributed by atoms with van der Waals surface area (Å²) < 4.78 is 0. The van der Waals surface area contributed by atoms with Gasteiger partial charge < -0.3 is 0 Å². The second-order valence-electron chi connectivity index (χ2n) is 2.66. The zero-order valence-electron chi connectivity index (χ0n) is 3.91. The highest BCUT2D eigenvalue weighted by Crippen LogP contribution is 2.34. The third-order valence-corrected chi connectivity index (χ3v) is 3.75. The lowest BCUT2D eigenvalue weighted by Gasteiger charge is -1.82. The van der Waals surface area contributed by atoms with Gasteiger partial charge in [-0.05, 0) is 0 Å². The second-order valence-corrected chi connectivity index (χ2v) is 7.99. The maximum absolute atomic E-state index is 2.44. The summed E-state index contributed by atoms with van der Waals surface area (Å²) in [5, 5.41) is 0. The van der Waals surface area contributed by atoms with Crippen LogP contribution in [0.4, 0.5) is 0 Å². The van der Waals surface area contributed by atoms with E-state index in [9.17, 15) is 0 Å². The summed E-state index contributed by atoms with van der Waals surface area (Å²) in [6, 6.07) is 3.18. The molecule has 0 radical (unpaired) electrons. The van der Waals surface area contributed by atoms with Crippen LogP contribution >= 0.6 is 0 Å². The molecule has 1 fully saturated rings. The van der Waals surface area contributed by atoms with Crippen molar-refractivity contribution in [1.29, 1.82) is 0 Å². The Kier molecular flexibility index (Phi) is 0.441. The summed E-state index contributed by atoms with van der Waals surface area (Å²) >= 11 is 0. The molecular weight excluding hydrogens is 76.1 g/mol. The zero-order chi connectivity index (χ0) is 3.91. The van der Waals surface area contributed by atoms with Crippen molar-refractivity contribution in [3.05, 3.63) is 0 Å². The topological polar surface area (TPSA) is 0 Å². The van der Waals surface area contributed by atoms with Gasteiger partial charge in [-0.25, -0.2) is 0 Å². The Hall–Kier alpha value is 0.217. The van der Waals surface area contributed by atoms with Gasteiger partial charge >= 0.3 is 0 Å². The zero-order valence-corrected chi connectivity index (χ0v) is 4.91. The van der Waals surface area contributed by atoms with Crippen molar-refractivity contribution in [3.8, 4) is 0 Å². The Bertz CT molecular complexity index is 41.6. The van der Waals surface area contributed by atoms with E-state index in [0.29, 0.717) is 0 Å². The van der Waals surface area contributed by atoms with Crippen LogP contribution in [0.1, 0.15) is 0 Å². The molecule has 0 aliphatic carbocycles. The van der Waals surface area contributed by atoms with Gasteiger partial charge in [0, 0.05) is 8.07 Å². The van der Waals surface area contributed by atoms with Gasteiger partial charge in [0.25, 0.3) is 0 Å². The van der Waals surface area contributed by atoms with Crippen LogP contribution < -0.4 is 0 Å². The summed E-state index contributed by atoms with van der Waals surface area (Å²) in [5.41, 5.74) is 0. The molecule has 0 unspecified atom stereocenters. The first-order valence-corrected chi connectivity index (χ1v) is 5.62. The van der Waals surface area contributed by atoms with Crippen LogP contribution in [0.25, 0.3) is 0 Å². The Labute approximate surface area is 34.2 Å². The summed E-state index contributed by atoms with van der Waals surface area (Å²) in [6.45, 7) is 4.88. The lowest BCUT2D eigenvalue weighted by molar-refractivity contribution is 1.69. The van der Waals surface area contributed by atoms with Crippen molar-refractivity contribution < 1.29 is 0 Å². The third kappa shape index (κ3) is 0.761. The van der Waals surface area contributed by atoms with Gasteiger partial charge in [0.05, 0.1) is 0 Å². The van der Waals surface area contributed by atoms with Crippen LogP contribution in [-0.2, 0) is 0 Å². The van der Waals surface area contributed by atoms with Crippen molar-refractivity contribution in [1.82, 2.24) is 0 Å². The number of hydrogen-bond acceptors (Lipinski definition) is 0. The van der Waals surface area contributed by atoms with Crippen molar-refractivity contribution in [3.63, 3.8) is 0 Å². The molecule has 0 N–H and O–H groups in total. The van der Waals surface area contributed by atoms with Crippen molar-refractivity contribution in [2.24, 2.45) is 0 Å². The average Bonchev–Trinajstić information content (AvgIpc) is 1.76. The van der Waals surface area contributed by atoms with E-state index in [4.69, 9.17) is 0 Å². The molecule has 0 aromatic heterocycles. The van der Waals surface area contributed by atoms with E-state index in [-0.39, 0.29) is 8.07 Å². The fourth-order valence-electron chi connectivity index (χ4n) is 0.250. The van der Waals surface area contributed by atoms with Gasteiger partial charge in [0.15, 0.2) is 0 Å². The quantitative estimate of drug-likeness (QED) is 0.394. The van der Waals surface area contributed by atoms with Crippen molar-refractivity contribution in [2.75, 3.05) is 0 Å². The van der Waals surface area contributed by atoms with E-state index in [2.05, 4.69) is 13.1 Å². The van der Waals surface area contributed by atoms with E-state index in [0.717, 1.165) is 0 Å². The van der Waals surface area contributed by atoms with Crippen LogP contribution in [-0.4, -0.2) is 8.07 Å². The molecule has 30 valence electrons. The molecule has 0 spiro atoms. The smallest absolute Gasteiger partial charge is 0.0468 e. The van der Waals surface area contributed by atoms with Crippen LogP contribution in [0.5, 0.6) is 0 Å². The molecule has 1 aliphatic rings. The molecule has 0 aromatic carbocycles. The highest BCUT2D eigenvalue weighted by molar-refractivity contribution is 6.86. The van der Waals surface area contributed by atoms with E-state index in [1.165, 1.54) is 0 Å². The minimum atomic E-state index is -0.361. The molecule has 0 atom stereocenters. The summed E-state index contributed by atoms with van der Waals surface area (Å²) in [5.74, 6) is 0. The predicted octanol–water partition coefficient (Wildman–Crippen LogP) is 1.71. The molecule has 5 heavy (non-hydrogen) atoms. The lowest BCUT2D eigenvalue weighted by Crippen LogP contribution is -1.94. The van der Waals surface area contributed by atoms with E-state index in [1.54, 1.807) is 12.1 Å². The third-order valence-electron chi connectivity index (χ3n) is 1.25. The van der Waals surface area contributed by atoms with Crippen LogP contribution in [0.3, 0.4) is 0 Å². The standard InChI is InChI=1S/C4H10Si/c1-5(2)3-4-5/h3-4H2,1-2H3. The normalized spacial score (nSPS) is 30.0. The molecule has 0 bridgehead atoms. The summed E-state index contributed by atoms with van der Waals surface area (Å²) in [4.78, 5) is 0. The van der Waals surface area contributed by atoms with Gasteiger partial charge in [0.1, 0.15) is 0 Å². The van der Waals surface area contributed by atoms with Crippen molar-refractivity contribution >= 4 is 8.07 Å². The molecule has 1 rings (SSSR count). The second kappa shape index (κ2) is 0.646. The van der Waals surface area contributed by atoms with Gasteiger partial charge in [-0.2, -0.15) is 0 Å². The highest BCUT2D eigenvalue weighted by atomic mass is 28.3. The molecule has 0 nitrogen and oxygen atoms in total. The summed E-state index contributed by atoms with van der Waals surface area (Å²) in [6.07, 6.45) is 0. The average molecular weight is 86.2 g/mol. The predicted molar refractivity (Wildman–Crippen MR) is 27.1 cm³/mol. The van der Waals surface area contributed by atoms with Crippen LogP contribution in [0.15, 0.2) is 0 Å². The molecule has 1 heterocycles. The first kappa shape index (κ1) is 3.41.